The molecule has 8 heteroatoms. The summed E-state index contributed by atoms with van der Waals surface area (Å²) in [5.41, 5.74) is 8.54. The van der Waals surface area contributed by atoms with Crippen molar-refractivity contribution in [2.45, 2.75) is 13.3 Å². The second-order valence-corrected chi connectivity index (χ2v) is 6.61. The van der Waals surface area contributed by atoms with E-state index >= 15 is 0 Å². The van der Waals surface area contributed by atoms with Crippen LogP contribution in [0.1, 0.15) is 21.7 Å². The molecule has 0 aliphatic heterocycles. The topological polar surface area (TPSA) is 77.0 Å². The first-order chi connectivity index (χ1) is 13.1. The normalized spacial score (nSPS) is 10.4. The van der Waals surface area contributed by atoms with Gasteiger partial charge in [-0.1, -0.05) is 59.3 Å². The van der Waals surface area contributed by atoms with Gasteiger partial charge in [0.15, 0.2) is 5.69 Å². The monoisotopic (exact) mass is 419 g/mol. The second kappa shape index (κ2) is 10.2. The van der Waals surface area contributed by atoms with Crippen molar-refractivity contribution in [3.8, 4) is 5.69 Å². The van der Waals surface area contributed by atoms with Crippen molar-refractivity contribution in [1.29, 1.82) is 0 Å². The maximum Gasteiger partial charge on any atom is 0.276 e. The van der Waals surface area contributed by atoms with Gasteiger partial charge < -0.3 is 10.6 Å². The Morgan fingerprint density at radius 1 is 1.11 bits per heavy atom. The largest absolute Gasteiger partial charge is 0.336 e. The smallest absolute Gasteiger partial charge is 0.276 e. The number of para-hydroxylation sites is 1. The van der Waals surface area contributed by atoms with E-state index in [0.29, 0.717) is 41.7 Å². The Morgan fingerprint density at radius 2 is 1.79 bits per heavy atom. The molecule has 0 bridgehead atoms. The van der Waals surface area contributed by atoms with Gasteiger partial charge in [0.1, 0.15) is 0 Å². The van der Waals surface area contributed by atoms with Gasteiger partial charge in [0.2, 0.25) is 0 Å². The molecule has 0 spiro atoms. The first-order valence-corrected chi connectivity index (χ1v) is 9.20. The molecule has 0 aliphatic carbocycles. The molecule has 0 unspecified atom stereocenters. The van der Waals surface area contributed by atoms with Crippen LogP contribution in [0.3, 0.4) is 0 Å². The molecule has 0 saturated heterocycles. The standard InChI is InChI=1S/C20H22ClN5O.ClH/c1-15-19(23-24-26(15)18-10-6-5-9-17(18)21)20(27)25(14-12-22)13-11-16-7-3-2-4-8-16;/h2-10H,11-14,22H2,1H3;1H. The van der Waals surface area contributed by atoms with Crippen molar-refractivity contribution in [2.75, 3.05) is 19.6 Å². The summed E-state index contributed by atoms with van der Waals surface area (Å²) >= 11 is 6.25. The molecule has 1 aromatic heterocycles. The van der Waals surface area contributed by atoms with Crippen LogP contribution in [0.25, 0.3) is 5.69 Å². The zero-order valence-electron chi connectivity index (χ0n) is 15.6. The minimum Gasteiger partial charge on any atom is -0.336 e. The fourth-order valence-electron chi connectivity index (χ4n) is 2.91. The molecule has 0 aliphatic rings. The first kappa shape index (κ1) is 21.9. The first-order valence-electron chi connectivity index (χ1n) is 8.82. The second-order valence-electron chi connectivity index (χ2n) is 6.20. The molecule has 0 atom stereocenters. The van der Waals surface area contributed by atoms with E-state index in [-0.39, 0.29) is 18.3 Å². The van der Waals surface area contributed by atoms with E-state index in [9.17, 15) is 4.79 Å². The highest BCUT2D eigenvalue weighted by molar-refractivity contribution is 6.32. The molecule has 0 fully saturated rings. The number of rotatable bonds is 7. The highest BCUT2D eigenvalue weighted by Gasteiger charge is 2.23. The van der Waals surface area contributed by atoms with Crippen LogP contribution in [0, 0.1) is 6.92 Å². The highest BCUT2D eigenvalue weighted by Crippen LogP contribution is 2.21. The molecule has 3 aromatic rings. The number of hydrogen-bond donors (Lipinski definition) is 1. The van der Waals surface area contributed by atoms with Gasteiger partial charge in [-0.05, 0) is 31.0 Å². The van der Waals surface area contributed by atoms with E-state index < -0.39 is 0 Å². The minimum atomic E-state index is -0.174. The third-order valence-electron chi connectivity index (χ3n) is 4.38. The van der Waals surface area contributed by atoms with Crippen molar-refractivity contribution >= 4 is 29.9 Å². The molecule has 0 saturated carbocycles. The van der Waals surface area contributed by atoms with Crippen LogP contribution in [0.4, 0.5) is 0 Å². The number of carbonyl (C=O) groups excluding carboxylic acids is 1. The number of nitrogens with zero attached hydrogens (tertiary/aromatic N) is 4. The molecule has 0 radical (unpaired) electrons. The Bertz CT molecular complexity index is 914. The summed E-state index contributed by atoms with van der Waals surface area (Å²) in [5, 5.41) is 8.79. The number of hydrogen-bond acceptors (Lipinski definition) is 4. The van der Waals surface area contributed by atoms with Crippen molar-refractivity contribution in [2.24, 2.45) is 5.73 Å². The van der Waals surface area contributed by atoms with Gasteiger partial charge >= 0.3 is 0 Å². The third kappa shape index (κ3) is 4.90. The number of halogens is 2. The molecule has 1 heterocycles. The van der Waals surface area contributed by atoms with Gasteiger partial charge in [-0.2, -0.15) is 0 Å². The summed E-state index contributed by atoms with van der Waals surface area (Å²) in [5.74, 6) is -0.174. The predicted octanol–water partition coefficient (Wildman–Crippen LogP) is 3.29. The molecular weight excluding hydrogens is 397 g/mol. The van der Waals surface area contributed by atoms with E-state index in [0.717, 1.165) is 6.42 Å². The van der Waals surface area contributed by atoms with E-state index in [1.165, 1.54) is 5.56 Å². The summed E-state index contributed by atoms with van der Waals surface area (Å²) < 4.78 is 1.59. The zero-order chi connectivity index (χ0) is 19.2. The summed E-state index contributed by atoms with van der Waals surface area (Å²) in [4.78, 5) is 14.8. The Labute approximate surface area is 175 Å². The molecule has 148 valence electrons. The summed E-state index contributed by atoms with van der Waals surface area (Å²) in [7, 11) is 0. The molecule has 1 amide bonds. The van der Waals surface area contributed by atoms with Crippen molar-refractivity contribution in [3.05, 3.63) is 76.6 Å². The Balaban J connectivity index is 0.00000280. The number of benzene rings is 2. The minimum absolute atomic E-state index is 0. The van der Waals surface area contributed by atoms with Crippen molar-refractivity contribution < 1.29 is 4.79 Å². The average Bonchev–Trinajstić information content (AvgIpc) is 3.07. The highest BCUT2D eigenvalue weighted by atomic mass is 35.5. The van der Waals surface area contributed by atoms with Gasteiger partial charge in [-0.25, -0.2) is 4.68 Å². The Hall–Kier alpha value is -2.41. The van der Waals surface area contributed by atoms with E-state index in [1.807, 2.05) is 55.5 Å². The lowest BCUT2D eigenvalue weighted by Crippen LogP contribution is -2.37. The third-order valence-corrected chi connectivity index (χ3v) is 4.70. The van der Waals surface area contributed by atoms with E-state index in [1.54, 1.807) is 15.6 Å². The van der Waals surface area contributed by atoms with Crippen LogP contribution in [-0.2, 0) is 6.42 Å². The Morgan fingerprint density at radius 3 is 2.46 bits per heavy atom. The van der Waals surface area contributed by atoms with Gasteiger partial charge in [0.25, 0.3) is 5.91 Å². The maximum absolute atomic E-state index is 13.0. The van der Waals surface area contributed by atoms with Crippen LogP contribution in [-0.4, -0.2) is 45.4 Å². The van der Waals surface area contributed by atoms with E-state index in [2.05, 4.69) is 10.3 Å². The number of aromatic nitrogens is 3. The predicted molar refractivity (Wildman–Crippen MR) is 113 cm³/mol. The van der Waals surface area contributed by atoms with Crippen LogP contribution >= 0.6 is 24.0 Å². The summed E-state index contributed by atoms with van der Waals surface area (Å²) in [6.07, 6.45) is 0.754. The molecule has 28 heavy (non-hydrogen) atoms. The van der Waals surface area contributed by atoms with Crippen molar-refractivity contribution in [1.82, 2.24) is 19.9 Å². The molecular formula is C20H23Cl2N5O. The van der Waals surface area contributed by atoms with Crippen LogP contribution in [0.15, 0.2) is 54.6 Å². The fraction of sp³-hybridized carbons (Fsp3) is 0.250. The SMILES string of the molecule is Cc1c(C(=O)N(CCN)CCc2ccccc2)nnn1-c1ccccc1Cl.Cl. The van der Waals surface area contributed by atoms with Gasteiger partial charge in [0, 0.05) is 19.6 Å². The number of carbonyl (C=O) groups is 1. The maximum atomic E-state index is 13.0. The Kier molecular flexibility index (Phi) is 7.99. The van der Waals surface area contributed by atoms with Gasteiger partial charge in [-0.3, -0.25) is 4.79 Å². The molecule has 3 rings (SSSR count). The molecule has 2 aromatic carbocycles. The summed E-state index contributed by atoms with van der Waals surface area (Å²) in [6, 6.07) is 17.4. The quantitative estimate of drug-likeness (QED) is 0.637. The lowest BCUT2D eigenvalue weighted by molar-refractivity contribution is 0.0755. The van der Waals surface area contributed by atoms with Gasteiger partial charge in [-0.15, -0.1) is 17.5 Å². The lowest BCUT2D eigenvalue weighted by atomic mass is 10.1. The van der Waals surface area contributed by atoms with Crippen molar-refractivity contribution in [3.63, 3.8) is 0 Å². The number of amides is 1. The fourth-order valence-corrected chi connectivity index (χ4v) is 3.12. The zero-order valence-corrected chi connectivity index (χ0v) is 17.2. The number of nitrogens with two attached hydrogens (primary N) is 1. The molecule has 2 N–H and O–H groups in total. The lowest BCUT2D eigenvalue weighted by Gasteiger charge is -2.21. The summed E-state index contributed by atoms with van der Waals surface area (Å²) in [6.45, 7) is 3.23. The van der Waals surface area contributed by atoms with Gasteiger partial charge in [0.05, 0.1) is 16.4 Å². The van der Waals surface area contributed by atoms with E-state index in [4.69, 9.17) is 17.3 Å². The average molecular weight is 420 g/mol. The van der Waals surface area contributed by atoms with Crippen LogP contribution in [0.2, 0.25) is 5.02 Å². The molecule has 6 nitrogen and oxygen atoms in total. The van der Waals surface area contributed by atoms with Crippen LogP contribution in [0.5, 0.6) is 0 Å². The van der Waals surface area contributed by atoms with Crippen LogP contribution < -0.4 is 5.73 Å².